The molecule has 1 saturated carbocycles. The highest BCUT2D eigenvalue weighted by Crippen LogP contribution is 2.46. The number of benzene rings is 1. The van der Waals surface area contributed by atoms with Crippen LogP contribution in [0, 0.1) is 11.6 Å². The van der Waals surface area contributed by atoms with E-state index in [1.807, 2.05) is 0 Å². The minimum absolute atomic E-state index is 0.0215. The van der Waals surface area contributed by atoms with Crippen molar-refractivity contribution in [1.29, 1.82) is 0 Å². The first-order valence-electron chi connectivity index (χ1n) is 5.61. The monoisotopic (exact) mass is 222 g/mol. The Kier molecular flexibility index (Phi) is 2.20. The molecule has 0 bridgehead atoms. The molecule has 1 unspecified atom stereocenters. The van der Waals surface area contributed by atoms with Gasteiger partial charge in [0.2, 0.25) is 0 Å². The van der Waals surface area contributed by atoms with Crippen molar-refractivity contribution in [1.82, 2.24) is 0 Å². The summed E-state index contributed by atoms with van der Waals surface area (Å²) in [7, 11) is 0. The molecule has 1 fully saturated rings. The van der Waals surface area contributed by atoms with Gasteiger partial charge in [0.1, 0.15) is 5.82 Å². The van der Waals surface area contributed by atoms with E-state index in [0.717, 1.165) is 37.3 Å². The molecular weight excluding hydrogens is 210 g/mol. The summed E-state index contributed by atoms with van der Waals surface area (Å²) in [5.74, 6) is -0.727. The van der Waals surface area contributed by atoms with Crippen LogP contribution in [0.2, 0.25) is 0 Å². The van der Waals surface area contributed by atoms with E-state index in [0.29, 0.717) is 5.56 Å². The summed E-state index contributed by atoms with van der Waals surface area (Å²) in [6.45, 7) is 0. The van der Waals surface area contributed by atoms with Crippen LogP contribution in [0.4, 0.5) is 8.78 Å². The van der Waals surface area contributed by atoms with Crippen LogP contribution in [-0.2, 0) is 0 Å². The van der Waals surface area contributed by atoms with Crippen LogP contribution in [0.5, 0.6) is 5.75 Å². The first-order valence-corrected chi connectivity index (χ1v) is 5.61. The number of rotatable bonds is 0. The first kappa shape index (κ1) is 9.82. The fraction of sp³-hybridized carbons (Fsp3) is 0.385. The van der Waals surface area contributed by atoms with Gasteiger partial charge in [-0.15, -0.1) is 0 Å². The van der Waals surface area contributed by atoms with E-state index >= 15 is 0 Å². The predicted molar refractivity (Wildman–Crippen MR) is 56.3 cm³/mol. The van der Waals surface area contributed by atoms with Crippen molar-refractivity contribution in [3.8, 4) is 5.75 Å². The van der Waals surface area contributed by atoms with Crippen LogP contribution >= 0.6 is 0 Å². The molecule has 0 saturated heterocycles. The maximum atomic E-state index is 13.7. The van der Waals surface area contributed by atoms with E-state index in [1.54, 1.807) is 6.26 Å². The second-order valence-electron chi connectivity index (χ2n) is 4.38. The van der Waals surface area contributed by atoms with Crippen molar-refractivity contribution < 1.29 is 13.5 Å². The van der Waals surface area contributed by atoms with Crippen LogP contribution < -0.4 is 4.74 Å². The van der Waals surface area contributed by atoms with Crippen LogP contribution in [0.25, 0.3) is 0 Å². The topological polar surface area (TPSA) is 9.23 Å². The van der Waals surface area contributed by atoms with E-state index in [4.69, 9.17) is 4.74 Å². The Morgan fingerprint density at radius 3 is 2.81 bits per heavy atom. The van der Waals surface area contributed by atoms with Crippen LogP contribution in [0.1, 0.15) is 37.2 Å². The maximum Gasteiger partial charge on any atom is 0.168 e. The molecule has 1 heterocycles. The second-order valence-corrected chi connectivity index (χ2v) is 4.38. The van der Waals surface area contributed by atoms with Crippen LogP contribution in [-0.4, -0.2) is 0 Å². The number of hydrogen-bond acceptors (Lipinski definition) is 1. The lowest BCUT2D eigenvalue weighted by Gasteiger charge is -2.30. The van der Waals surface area contributed by atoms with E-state index in [2.05, 4.69) is 0 Å². The van der Waals surface area contributed by atoms with Gasteiger partial charge in [0.15, 0.2) is 11.6 Å². The van der Waals surface area contributed by atoms with Crippen molar-refractivity contribution in [3.63, 3.8) is 0 Å². The third-order valence-corrected chi connectivity index (χ3v) is 3.43. The van der Waals surface area contributed by atoms with Gasteiger partial charge in [-0.25, -0.2) is 8.78 Å². The predicted octanol–water partition coefficient (Wildman–Crippen LogP) is 3.90. The molecule has 0 amide bonds. The van der Waals surface area contributed by atoms with Gasteiger partial charge >= 0.3 is 0 Å². The molecule has 2 aliphatic rings. The molecule has 1 aromatic carbocycles. The Morgan fingerprint density at radius 2 is 1.94 bits per heavy atom. The largest absolute Gasteiger partial charge is 0.462 e. The fourth-order valence-electron chi connectivity index (χ4n) is 2.64. The Balaban J connectivity index is 2.14. The SMILES string of the molecule is Fc1ccc(F)c2c1OC=C1CCCCC12. The molecule has 1 nitrogen and oxygen atoms in total. The van der Waals surface area contributed by atoms with Gasteiger partial charge in [0.25, 0.3) is 0 Å². The van der Waals surface area contributed by atoms with E-state index in [1.165, 1.54) is 6.07 Å². The molecule has 3 rings (SSSR count). The molecule has 1 aliphatic heterocycles. The fourth-order valence-corrected chi connectivity index (χ4v) is 2.64. The normalized spacial score (nSPS) is 22.9. The molecule has 16 heavy (non-hydrogen) atoms. The summed E-state index contributed by atoms with van der Waals surface area (Å²) in [6, 6.07) is 2.31. The van der Waals surface area contributed by atoms with Gasteiger partial charge in [-0.3, -0.25) is 0 Å². The van der Waals surface area contributed by atoms with Crippen molar-refractivity contribution >= 4 is 0 Å². The van der Waals surface area contributed by atoms with Crippen LogP contribution in [0.3, 0.4) is 0 Å². The lowest BCUT2D eigenvalue weighted by Crippen LogP contribution is -2.16. The highest BCUT2D eigenvalue weighted by atomic mass is 19.1. The molecule has 0 spiro atoms. The molecule has 1 atom stereocenters. The molecule has 0 radical (unpaired) electrons. The summed E-state index contributed by atoms with van der Waals surface area (Å²) in [4.78, 5) is 0. The van der Waals surface area contributed by atoms with Crippen molar-refractivity contribution in [3.05, 3.63) is 41.2 Å². The summed E-state index contributed by atoms with van der Waals surface area (Å²) >= 11 is 0. The molecular formula is C13H12F2O. The molecule has 1 aromatic rings. The van der Waals surface area contributed by atoms with E-state index < -0.39 is 5.82 Å². The minimum Gasteiger partial charge on any atom is -0.462 e. The third-order valence-electron chi connectivity index (χ3n) is 3.43. The molecule has 1 aliphatic carbocycles. The van der Waals surface area contributed by atoms with Crippen molar-refractivity contribution in [2.45, 2.75) is 31.6 Å². The van der Waals surface area contributed by atoms with Crippen molar-refractivity contribution in [2.24, 2.45) is 0 Å². The van der Waals surface area contributed by atoms with Crippen LogP contribution in [0.15, 0.2) is 24.0 Å². The Labute approximate surface area is 92.7 Å². The quantitative estimate of drug-likeness (QED) is 0.646. The molecule has 0 N–H and O–H groups in total. The zero-order chi connectivity index (χ0) is 11.1. The average Bonchev–Trinajstić information content (AvgIpc) is 2.33. The maximum absolute atomic E-state index is 13.7. The summed E-state index contributed by atoms with van der Waals surface area (Å²) < 4.78 is 32.5. The zero-order valence-corrected chi connectivity index (χ0v) is 8.80. The Morgan fingerprint density at radius 1 is 1.12 bits per heavy atom. The summed E-state index contributed by atoms with van der Waals surface area (Å²) in [5, 5.41) is 0. The molecule has 3 heteroatoms. The third kappa shape index (κ3) is 1.34. The van der Waals surface area contributed by atoms with E-state index in [-0.39, 0.29) is 17.5 Å². The molecule has 0 aromatic heterocycles. The number of fused-ring (bicyclic) bond motifs is 3. The lowest BCUT2D eigenvalue weighted by atomic mass is 9.79. The van der Waals surface area contributed by atoms with Gasteiger partial charge in [-0.2, -0.15) is 0 Å². The zero-order valence-electron chi connectivity index (χ0n) is 8.80. The highest BCUT2D eigenvalue weighted by Gasteiger charge is 2.31. The number of hydrogen-bond donors (Lipinski definition) is 0. The van der Waals surface area contributed by atoms with Gasteiger partial charge in [0, 0.05) is 11.5 Å². The van der Waals surface area contributed by atoms with Gasteiger partial charge in [-0.1, -0.05) is 6.42 Å². The Bertz CT molecular complexity index is 465. The second kappa shape index (κ2) is 3.58. The van der Waals surface area contributed by atoms with Gasteiger partial charge < -0.3 is 4.74 Å². The summed E-state index contributed by atoms with van der Waals surface area (Å²) in [5.41, 5.74) is 1.51. The van der Waals surface area contributed by atoms with Gasteiger partial charge in [0.05, 0.1) is 6.26 Å². The smallest absolute Gasteiger partial charge is 0.168 e. The van der Waals surface area contributed by atoms with E-state index in [9.17, 15) is 8.78 Å². The average molecular weight is 222 g/mol. The van der Waals surface area contributed by atoms with Gasteiger partial charge in [-0.05, 0) is 37.0 Å². The number of ether oxygens (including phenoxy) is 1. The number of allylic oxidation sites excluding steroid dienone is 1. The van der Waals surface area contributed by atoms with Crippen molar-refractivity contribution in [2.75, 3.05) is 0 Å². The number of halogens is 2. The Hall–Kier alpha value is -1.38. The molecule has 84 valence electrons. The highest BCUT2D eigenvalue weighted by molar-refractivity contribution is 5.46. The minimum atomic E-state index is -0.475. The lowest BCUT2D eigenvalue weighted by molar-refractivity contribution is 0.375. The standard InChI is InChI=1S/C13H12F2O/c14-10-5-6-11(15)13-12(10)9-4-2-1-3-8(9)7-16-13/h5-7,9H,1-4H2. The summed E-state index contributed by atoms with van der Waals surface area (Å²) in [6.07, 6.45) is 5.60. The first-order chi connectivity index (χ1) is 7.77.